The number of benzene rings is 3. The van der Waals surface area contributed by atoms with Gasteiger partial charge in [-0.3, -0.25) is 4.98 Å². The Bertz CT molecular complexity index is 2020. The average molecular weight is 759 g/mol. The number of imidazole rings is 1. The van der Waals surface area contributed by atoms with Crippen LogP contribution in [0.4, 0.5) is 0 Å². The maximum absolute atomic E-state index is 6.14. The number of fused-ring (bicyclic) bond motifs is 4. The SMILES string of the molecule is CCn1c(-c2[c-]ccc3c2oc2nc(C)ccc23)nc2cc(C)ccc21.C[Si](C)(C)c1ccc(-c2[c-]cccc2)nc1.[Ir]. The van der Waals surface area contributed by atoms with E-state index >= 15 is 0 Å². The van der Waals surface area contributed by atoms with E-state index in [4.69, 9.17) is 9.40 Å². The second-order valence-electron chi connectivity index (χ2n) is 11.6. The summed E-state index contributed by atoms with van der Waals surface area (Å²) in [7, 11) is -1.23. The van der Waals surface area contributed by atoms with Crippen molar-refractivity contribution in [3.63, 3.8) is 0 Å². The summed E-state index contributed by atoms with van der Waals surface area (Å²) in [6.07, 6.45) is 2.02. The number of rotatable bonds is 4. The zero-order valence-electron chi connectivity index (χ0n) is 25.3. The van der Waals surface area contributed by atoms with E-state index in [-0.39, 0.29) is 20.1 Å². The molecule has 0 N–H and O–H groups in total. The third kappa shape index (κ3) is 6.11. The van der Waals surface area contributed by atoms with Gasteiger partial charge in [-0.1, -0.05) is 48.8 Å². The number of aromatic nitrogens is 4. The van der Waals surface area contributed by atoms with Crippen molar-refractivity contribution < 1.29 is 24.5 Å². The number of aryl methyl sites for hydroxylation is 3. The first kappa shape index (κ1) is 30.6. The van der Waals surface area contributed by atoms with Crippen molar-refractivity contribution in [1.82, 2.24) is 19.5 Å². The van der Waals surface area contributed by atoms with Crippen LogP contribution in [0, 0.1) is 26.0 Å². The van der Waals surface area contributed by atoms with Crippen LogP contribution in [0.15, 0.2) is 89.5 Å². The molecule has 219 valence electrons. The first-order valence-corrected chi connectivity index (χ1v) is 17.8. The second-order valence-corrected chi connectivity index (χ2v) is 16.7. The van der Waals surface area contributed by atoms with E-state index in [0.29, 0.717) is 5.71 Å². The Kier molecular flexibility index (Phi) is 8.79. The van der Waals surface area contributed by atoms with Gasteiger partial charge in [0.1, 0.15) is 0 Å². The van der Waals surface area contributed by atoms with Gasteiger partial charge < -0.3 is 14.0 Å². The normalized spacial score (nSPS) is 11.4. The van der Waals surface area contributed by atoms with E-state index in [1.54, 1.807) is 0 Å². The summed E-state index contributed by atoms with van der Waals surface area (Å²) in [6, 6.07) is 33.2. The predicted octanol–water partition coefficient (Wildman–Crippen LogP) is 8.53. The van der Waals surface area contributed by atoms with Crippen molar-refractivity contribution in [2.45, 2.75) is 47.0 Å². The van der Waals surface area contributed by atoms with Crippen LogP contribution in [0.1, 0.15) is 18.2 Å². The summed E-state index contributed by atoms with van der Waals surface area (Å²) < 4.78 is 8.36. The van der Waals surface area contributed by atoms with Gasteiger partial charge in [-0.05, 0) is 61.5 Å². The van der Waals surface area contributed by atoms with E-state index < -0.39 is 8.07 Å². The minimum Gasteiger partial charge on any atom is -0.486 e. The Balaban J connectivity index is 0.000000188. The fraction of sp³-hybridized carbons (Fsp3) is 0.194. The van der Waals surface area contributed by atoms with Crippen LogP contribution in [-0.2, 0) is 26.7 Å². The first-order valence-electron chi connectivity index (χ1n) is 14.3. The second kappa shape index (κ2) is 12.4. The molecule has 4 aromatic heterocycles. The number of hydrogen-bond acceptors (Lipinski definition) is 4. The summed E-state index contributed by atoms with van der Waals surface area (Å²) in [5.41, 5.74) is 8.67. The quantitative estimate of drug-likeness (QED) is 0.134. The number of nitrogens with zero attached hydrogens (tertiary/aromatic N) is 4. The Labute approximate surface area is 267 Å². The average Bonchev–Trinajstić information content (AvgIpc) is 3.54. The van der Waals surface area contributed by atoms with Crippen molar-refractivity contribution in [2.24, 2.45) is 0 Å². The van der Waals surface area contributed by atoms with Gasteiger partial charge in [0.25, 0.3) is 0 Å². The molecule has 0 aliphatic heterocycles. The molecule has 5 nitrogen and oxygen atoms in total. The van der Waals surface area contributed by atoms with E-state index in [0.717, 1.165) is 62.3 Å². The zero-order valence-corrected chi connectivity index (χ0v) is 28.7. The molecule has 0 saturated heterocycles. The molecule has 7 heteroatoms. The molecule has 0 amide bonds. The van der Waals surface area contributed by atoms with Gasteiger partial charge in [0.05, 0.1) is 30.5 Å². The van der Waals surface area contributed by atoms with Gasteiger partial charge in [0.15, 0.2) is 0 Å². The van der Waals surface area contributed by atoms with E-state index in [1.807, 2.05) is 55.6 Å². The Morgan fingerprint density at radius 1 is 0.860 bits per heavy atom. The smallest absolute Gasteiger partial charge is 0.216 e. The van der Waals surface area contributed by atoms with Crippen LogP contribution >= 0.6 is 0 Å². The molecule has 7 rings (SSSR count). The van der Waals surface area contributed by atoms with Gasteiger partial charge in [0, 0.05) is 43.9 Å². The number of furan rings is 1. The van der Waals surface area contributed by atoms with Gasteiger partial charge >= 0.3 is 0 Å². The minimum atomic E-state index is -1.23. The molecule has 43 heavy (non-hydrogen) atoms. The van der Waals surface area contributed by atoms with Gasteiger partial charge in [-0.25, -0.2) is 4.98 Å². The van der Waals surface area contributed by atoms with Crippen molar-refractivity contribution in [1.29, 1.82) is 0 Å². The van der Waals surface area contributed by atoms with Gasteiger partial charge in [-0.15, -0.1) is 54.1 Å². The van der Waals surface area contributed by atoms with Crippen molar-refractivity contribution >= 4 is 46.4 Å². The monoisotopic (exact) mass is 759 g/mol. The maximum atomic E-state index is 6.14. The van der Waals surface area contributed by atoms with Crippen LogP contribution in [0.25, 0.3) is 55.7 Å². The molecule has 0 aliphatic rings. The van der Waals surface area contributed by atoms with Crippen LogP contribution in [-0.4, -0.2) is 27.6 Å². The fourth-order valence-corrected chi connectivity index (χ4v) is 6.22. The standard InChI is InChI=1S/C22H18N3O.C14H16NSi.Ir/c1-4-25-19-11-8-13(2)12-18(19)24-21(25)17-7-5-6-15-16-10-9-14(3)23-22(16)26-20(15)17;1-16(2,3)13-9-10-14(15-11-13)12-7-5-4-6-8-12;/h5-6,8-12H,4H2,1-3H3;4-7,9-11H,1-3H3;/q2*-1;. The maximum Gasteiger partial charge on any atom is 0.216 e. The Morgan fingerprint density at radius 3 is 2.40 bits per heavy atom. The largest absolute Gasteiger partial charge is 0.486 e. The van der Waals surface area contributed by atoms with Crippen molar-refractivity contribution in [3.05, 3.63) is 108 Å². The molecule has 0 fully saturated rings. The number of hydrogen-bond donors (Lipinski definition) is 0. The van der Waals surface area contributed by atoms with E-state index in [9.17, 15) is 0 Å². The fourth-order valence-electron chi connectivity index (χ4n) is 5.18. The molecule has 0 atom stereocenters. The van der Waals surface area contributed by atoms with E-state index in [1.165, 1.54) is 10.8 Å². The molecule has 0 saturated carbocycles. The number of pyridine rings is 2. The topological polar surface area (TPSA) is 56.7 Å². The third-order valence-electron chi connectivity index (χ3n) is 7.50. The van der Waals surface area contributed by atoms with Gasteiger partial charge in [0.2, 0.25) is 5.71 Å². The molecular formula is C36H34IrN4OSi-2. The minimum absolute atomic E-state index is 0. The molecule has 1 radical (unpaired) electrons. The Hall–Kier alpha value is -3.90. The summed E-state index contributed by atoms with van der Waals surface area (Å²) in [4.78, 5) is 14.0. The first-order chi connectivity index (χ1) is 20.2. The van der Waals surface area contributed by atoms with Crippen LogP contribution in [0.5, 0.6) is 0 Å². The zero-order chi connectivity index (χ0) is 29.4. The van der Waals surface area contributed by atoms with Gasteiger partial charge in [-0.2, -0.15) is 0 Å². The van der Waals surface area contributed by atoms with Crippen LogP contribution < -0.4 is 5.19 Å². The summed E-state index contributed by atoms with van der Waals surface area (Å²) in [5.74, 6) is 0.884. The molecule has 7 aromatic rings. The molecule has 0 unspecified atom stereocenters. The van der Waals surface area contributed by atoms with Crippen LogP contribution in [0.2, 0.25) is 19.6 Å². The van der Waals surface area contributed by atoms with E-state index in [2.05, 4.69) is 96.6 Å². The molecule has 0 aliphatic carbocycles. The van der Waals surface area contributed by atoms with Crippen LogP contribution in [0.3, 0.4) is 0 Å². The molecule has 4 heterocycles. The van der Waals surface area contributed by atoms with Crippen molar-refractivity contribution in [2.75, 3.05) is 0 Å². The summed E-state index contributed by atoms with van der Waals surface area (Å²) >= 11 is 0. The Morgan fingerprint density at radius 2 is 1.70 bits per heavy atom. The summed E-state index contributed by atoms with van der Waals surface area (Å²) in [6.45, 7) is 14.0. The van der Waals surface area contributed by atoms with Crippen molar-refractivity contribution in [3.8, 4) is 22.6 Å². The molecule has 0 spiro atoms. The predicted molar refractivity (Wildman–Crippen MR) is 176 cm³/mol. The molecule has 3 aromatic carbocycles. The summed E-state index contributed by atoms with van der Waals surface area (Å²) in [5, 5.41) is 3.47. The third-order valence-corrected chi connectivity index (χ3v) is 9.52. The molecule has 0 bridgehead atoms. The molecular weight excluding hydrogens is 725 g/mol.